The van der Waals surface area contributed by atoms with Crippen LogP contribution in [0.5, 0.6) is 0 Å². The van der Waals surface area contributed by atoms with Crippen molar-refractivity contribution in [2.24, 2.45) is 34.9 Å². The molecule has 0 radical (unpaired) electrons. The molecule has 0 saturated carbocycles. The highest BCUT2D eigenvalue weighted by molar-refractivity contribution is 5.92. The lowest BCUT2D eigenvalue weighted by Crippen LogP contribution is -2.46. The number of hydrogen-bond donors (Lipinski definition) is 3. The van der Waals surface area contributed by atoms with Gasteiger partial charge in [0.05, 0.1) is 22.7 Å². The molecule has 0 saturated heterocycles. The minimum Gasteiger partial charge on any atom is -0.445 e. The second-order valence-electron chi connectivity index (χ2n) is 11.0. The summed E-state index contributed by atoms with van der Waals surface area (Å²) >= 11 is 0. The van der Waals surface area contributed by atoms with E-state index in [0.717, 1.165) is 12.1 Å². The first-order valence-corrected chi connectivity index (χ1v) is 15.8. The van der Waals surface area contributed by atoms with Crippen LogP contribution in [0.1, 0.15) is 24.5 Å². The van der Waals surface area contributed by atoms with Gasteiger partial charge in [-0.15, -0.1) is 0 Å². The zero-order valence-corrected chi connectivity index (χ0v) is 30.0. The fourth-order valence-corrected chi connectivity index (χ4v) is 4.70. The third-order valence-electron chi connectivity index (χ3n) is 7.55. The minimum absolute atomic E-state index is 0.00881. The minimum atomic E-state index is -1.99. The van der Waals surface area contributed by atoms with E-state index in [1.165, 1.54) is 87.6 Å². The highest BCUT2D eigenvalue weighted by atomic mass is 16.6. The molecule has 3 aromatic rings. The topological polar surface area (TPSA) is 321 Å². The number of aliphatic imine (C=N–C) groups is 7. The fourth-order valence-electron chi connectivity index (χ4n) is 4.70. The Labute approximate surface area is 324 Å². The first-order chi connectivity index (χ1) is 27.9. The SMILES string of the molecule is CCC(COC(=O)Nc1cc(N=C=O)c(C)c(N=C=O)c1)(COC(=O)Nc1cc(N=C=O)c(N=C=O)c(N=C=O)c1)OC(=O)Nc1cc(N=C=O)c(C)c(N=C=O)c1. The van der Waals surface area contributed by atoms with Crippen LogP contribution in [-0.2, 0) is 47.8 Å². The number of carbonyl (C=O) groups excluding carboxylic acids is 10. The highest BCUT2D eigenvalue weighted by Crippen LogP contribution is 2.40. The molecule has 3 N–H and O–H groups in total. The van der Waals surface area contributed by atoms with Crippen molar-refractivity contribution < 1.29 is 62.2 Å². The van der Waals surface area contributed by atoms with Crippen molar-refractivity contribution in [1.82, 2.24) is 0 Å². The fraction of sp³-hybridized carbons (Fsp3) is 0.200. The quantitative estimate of drug-likeness (QED) is 0.0819. The van der Waals surface area contributed by atoms with Crippen LogP contribution in [-0.4, -0.2) is 79.7 Å². The van der Waals surface area contributed by atoms with Crippen LogP contribution in [0.2, 0.25) is 0 Å². The molecule has 0 aliphatic carbocycles. The van der Waals surface area contributed by atoms with Crippen LogP contribution in [0.15, 0.2) is 71.3 Å². The lowest BCUT2D eigenvalue weighted by atomic mass is 10.0. The Morgan fingerprint density at radius 3 is 1.10 bits per heavy atom. The van der Waals surface area contributed by atoms with Gasteiger partial charge in [-0.05, 0) is 56.7 Å². The smallest absolute Gasteiger partial charge is 0.412 e. The van der Waals surface area contributed by atoms with Crippen molar-refractivity contribution in [2.45, 2.75) is 32.8 Å². The molecule has 3 rings (SSSR count). The predicted octanol–water partition coefficient (Wildman–Crippen LogP) is 6.27. The molecule has 23 nitrogen and oxygen atoms in total. The van der Waals surface area contributed by atoms with Crippen molar-refractivity contribution >= 4 is 118 Å². The van der Waals surface area contributed by atoms with E-state index in [-0.39, 0.29) is 74.4 Å². The van der Waals surface area contributed by atoms with E-state index < -0.39 is 37.1 Å². The van der Waals surface area contributed by atoms with E-state index in [9.17, 15) is 47.9 Å². The van der Waals surface area contributed by atoms with E-state index in [4.69, 9.17) is 14.2 Å². The van der Waals surface area contributed by atoms with Crippen LogP contribution >= 0.6 is 0 Å². The zero-order chi connectivity index (χ0) is 42.7. The number of nitrogens with zero attached hydrogens (tertiary/aromatic N) is 7. The molecule has 0 aliphatic heterocycles. The number of ether oxygens (including phenoxy) is 3. The summed E-state index contributed by atoms with van der Waals surface area (Å²) in [4.78, 5) is 140. The molecular weight excluding hydrogens is 768 g/mol. The second-order valence-corrected chi connectivity index (χ2v) is 11.0. The Balaban J connectivity index is 1.96. The van der Waals surface area contributed by atoms with Crippen LogP contribution in [0.25, 0.3) is 0 Å². The standard InChI is InChI=1S/C35H24N10O13/c1-4-35(58-34(55)45-23-7-27(38-15-48)21(3)28(8-23)39-16-49,11-56-32(53)43-22-5-25(36-13-46)20(2)26(6-22)37-14-47)12-57-33(54)44-24-9-29(40-17-50)31(42-19-52)30(10-24)41-18-51/h5-10H,4,11-12H2,1-3H3,(H,43,53)(H,44,54)(H,45,55). The van der Waals surface area contributed by atoms with Crippen LogP contribution in [0, 0.1) is 13.8 Å². The van der Waals surface area contributed by atoms with Crippen molar-refractivity contribution in [2.75, 3.05) is 29.2 Å². The molecular formula is C35H24N10O13. The lowest BCUT2D eigenvalue weighted by Gasteiger charge is -2.31. The Morgan fingerprint density at radius 2 is 0.793 bits per heavy atom. The number of carbonyl (C=O) groups is 3. The normalized spacial score (nSPS) is 10.5. The molecule has 0 fully saturated rings. The Kier molecular flexibility index (Phi) is 15.9. The third kappa shape index (κ3) is 11.8. The van der Waals surface area contributed by atoms with Gasteiger partial charge in [-0.1, -0.05) is 6.92 Å². The first-order valence-electron chi connectivity index (χ1n) is 15.8. The number of rotatable bonds is 16. The van der Waals surface area contributed by atoms with Crippen LogP contribution in [0.4, 0.5) is 71.3 Å². The number of anilines is 3. The maximum Gasteiger partial charge on any atom is 0.412 e. The molecule has 3 amide bonds. The number of amides is 3. The summed E-state index contributed by atoms with van der Waals surface area (Å²) in [6, 6.07) is 6.98. The molecule has 23 heteroatoms. The number of isocyanates is 7. The summed E-state index contributed by atoms with van der Waals surface area (Å²) in [7, 11) is 0. The van der Waals surface area contributed by atoms with Crippen LogP contribution < -0.4 is 16.0 Å². The first kappa shape index (κ1) is 43.5. The molecule has 3 aromatic carbocycles. The summed E-state index contributed by atoms with van der Waals surface area (Å²) in [5.41, 5.74) is -2.99. The zero-order valence-electron chi connectivity index (χ0n) is 30.0. The molecule has 1 unspecified atom stereocenters. The summed E-state index contributed by atoms with van der Waals surface area (Å²) in [5, 5.41) is 6.94. The lowest BCUT2D eigenvalue weighted by molar-refractivity contribution is -0.0648. The third-order valence-corrected chi connectivity index (χ3v) is 7.55. The molecule has 0 bridgehead atoms. The number of hydrogen-bond acceptors (Lipinski definition) is 20. The largest absolute Gasteiger partial charge is 0.445 e. The number of benzene rings is 3. The highest BCUT2D eigenvalue weighted by Gasteiger charge is 2.37. The van der Waals surface area contributed by atoms with Crippen LogP contribution in [0.3, 0.4) is 0 Å². The van der Waals surface area contributed by atoms with Gasteiger partial charge >= 0.3 is 18.3 Å². The summed E-state index contributed by atoms with van der Waals surface area (Å²) in [6.07, 6.45) is 5.07. The van der Waals surface area contributed by atoms with Gasteiger partial charge in [0.1, 0.15) is 30.3 Å². The predicted molar refractivity (Wildman–Crippen MR) is 196 cm³/mol. The van der Waals surface area contributed by atoms with Gasteiger partial charge in [0, 0.05) is 28.2 Å². The van der Waals surface area contributed by atoms with E-state index in [1.54, 1.807) is 0 Å². The van der Waals surface area contributed by atoms with Gasteiger partial charge < -0.3 is 14.2 Å². The van der Waals surface area contributed by atoms with Gasteiger partial charge in [0.15, 0.2) is 5.60 Å². The molecule has 0 spiro atoms. The maximum atomic E-state index is 13.3. The van der Waals surface area contributed by atoms with E-state index in [1.807, 2.05) is 0 Å². The average molecular weight is 793 g/mol. The van der Waals surface area contributed by atoms with Crippen molar-refractivity contribution in [3.63, 3.8) is 0 Å². The van der Waals surface area contributed by atoms with Crippen molar-refractivity contribution in [1.29, 1.82) is 0 Å². The Morgan fingerprint density at radius 1 is 0.500 bits per heavy atom. The van der Waals surface area contributed by atoms with E-state index >= 15 is 0 Å². The molecule has 0 heterocycles. The summed E-state index contributed by atoms with van der Waals surface area (Å²) in [6.45, 7) is 2.77. The van der Waals surface area contributed by atoms with Gasteiger partial charge in [-0.25, -0.2) is 47.9 Å². The average Bonchev–Trinajstić information content (AvgIpc) is 3.18. The Hall–Kier alpha value is -8.87. The van der Waals surface area contributed by atoms with E-state index in [0.29, 0.717) is 0 Å². The second kappa shape index (κ2) is 21.1. The molecule has 58 heavy (non-hydrogen) atoms. The Bertz CT molecular complexity index is 2380. The van der Waals surface area contributed by atoms with Crippen molar-refractivity contribution in [3.8, 4) is 0 Å². The molecule has 0 aromatic heterocycles. The van der Waals surface area contributed by atoms with Gasteiger partial charge in [-0.3, -0.25) is 16.0 Å². The van der Waals surface area contributed by atoms with Gasteiger partial charge in [0.2, 0.25) is 42.6 Å². The molecule has 0 aliphatic rings. The molecule has 1 atom stereocenters. The monoisotopic (exact) mass is 792 g/mol. The summed E-state index contributed by atoms with van der Waals surface area (Å²) in [5.74, 6) is 0. The summed E-state index contributed by atoms with van der Waals surface area (Å²) < 4.78 is 16.3. The van der Waals surface area contributed by atoms with Crippen molar-refractivity contribution in [3.05, 3.63) is 47.5 Å². The van der Waals surface area contributed by atoms with Gasteiger partial charge in [0.25, 0.3) is 0 Å². The van der Waals surface area contributed by atoms with Gasteiger partial charge in [-0.2, -0.15) is 34.9 Å². The number of nitrogens with one attached hydrogen (secondary N) is 3. The van der Waals surface area contributed by atoms with E-state index in [2.05, 4.69) is 50.9 Å². The molecule has 292 valence electrons. The maximum absolute atomic E-state index is 13.3.